The van der Waals surface area contributed by atoms with Crippen molar-refractivity contribution in [2.75, 3.05) is 11.9 Å². The molecule has 0 bridgehead atoms. The van der Waals surface area contributed by atoms with Crippen molar-refractivity contribution in [2.45, 2.75) is 0 Å². The van der Waals surface area contributed by atoms with E-state index in [4.69, 9.17) is 17.0 Å². The zero-order chi connectivity index (χ0) is 19.4. The van der Waals surface area contributed by atoms with Crippen molar-refractivity contribution in [3.63, 3.8) is 0 Å². The molecule has 5 nitrogen and oxygen atoms in total. The maximum Gasteiger partial charge on any atom is 0.263 e. The molecule has 0 atom stereocenters. The monoisotopic (exact) mass is 466 g/mol. The van der Waals surface area contributed by atoms with Gasteiger partial charge in [0.05, 0.1) is 10.6 Å². The SMILES string of the molecule is O=C(COc1ccc(C=C2SC(=S)NC2=O)cc1)Nc1ccc(Br)cc1F. The van der Waals surface area contributed by atoms with Crippen molar-refractivity contribution >= 4 is 67.8 Å². The number of thiocarbonyl (C=S) groups is 1. The number of thioether (sulfide) groups is 1. The van der Waals surface area contributed by atoms with Crippen LogP contribution in [-0.2, 0) is 9.59 Å². The summed E-state index contributed by atoms with van der Waals surface area (Å²) in [7, 11) is 0. The van der Waals surface area contributed by atoms with E-state index >= 15 is 0 Å². The van der Waals surface area contributed by atoms with Gasteiger partial charge in [0.1, 0.15) is 15.9 Å². The van der Waals surface area contributed by atoms with E-state index in [1.165, 1.54) is 23.9 Å². The largest absolute Gasteiger partial charge is 0.484 e. The number of halogens is 2. The average Bonchev–Trinajstić information content (AvgIpc) is 2.94. The minimum Gasteiger partial charge on any atom is -0.484 e. The number of carbonyl (C=O) groups is 2. The number of ether oxygens (including phenoxy) is 1. The molecule has 0 aliphatic carbocycles. The van der Waals surface area contributed by atoms with Crippen LogP contribution in [0, 0.1) is 5.82 Å². The summed E-state index contributed by atoms with van der Waals surface area (Å²) in [5.41, 5.74) is 0.880. The Labute approximate surface area is 172 Å². The maximum atomic E-state index is 13.7. The Kier molecular flexibility index (Phi) is 6.25. The van der Waals surface area contributed by atoms with E-state index in [1.807, 2.05) is 0 Å². The van der Waals surface area contributed by atoms with E-state index < -0.39 is 11.7 Å². The predicted octanol–water partition coefficient (Wildman–Crippen LogP) is 4.09. The van der Waals surface area contributed by atoms with Gasteiger partial charge in [-0.2, -0.15) is 0 Å². The lowest BCUT2D eigenvalue weighted by atomic mass is 10.2. The van der Waals surface area contributed by atoms with Crippen LogP contribution in [0.4, 0.5) is 10.1 Å². The van der Waals surface area contributed by atoms with E-state index in [2.05, 4.69) is 26.6 Å². The molecule has 1 fully saturated rings. The first-order valence-electron chi connectivity index (χ1n) is 7.63. The first-order chi connectivity index (χ1) is 12.9. The zero-order valence-corrected chi connectivity index (χ0v) is 16.8. The summed E-state index contributed by atoms with van der Waals surface area (Å²) < 4.78 is 20.1. The molecule has 2 N–H and O–H groups in total. The Bertz CT molecular complexity index is 948. The number of hydrogen-bond acceptors (Lipinski definition) is 5. The molecule has 0 aromatic heterocycles. The van der Waals surface area contributed by atoms with Crippen LogP contribution in [0.25, 0.3) is 6.08 Å². The Hall–Kier alpha value is -2.23. The second-order valence-corrected chi connectivity index (χ2v) is 8.02. The van der Waals surface area contributed by atoms with Crippen LogP contribution in [0.3, 0.4) is 0 Å². The van der Waals surface area contributed by atoms with Crippen molar-refractivity contribution in [3.05, 3.63) is 63.2 Å². The fraction of sp³-hybridized carbons (Fsp3) is 0.0556. The lowest BCUT2D eigenvalue weighted by molar-refractivity contribution is -0.118. The van der Waals surface area contributed by atoms with E-state index in [0.29, 0.717) is 19.4 Å². The lowest BCUT2D eigenvalue weighted by Gasteiger charge is -2.08. The summed E-state index contributed by atoms with van der Waals surface area (Å²) in [4.78, 5) is 24.1. The van der Waals surface area contributed by atoms with Gasteiger partial charge >= 0.3 is 0 Å². The van der Waals surface area contributed by atoms with Gasteiger partial charge in [0.2, 0.25) is 0 Å². The molecular weight excluding hydrogens is 455 g/mol. The summed E-state index contributed by atoms with van der Waals surface area (Å²) in [5, 5.41) is 4.99. The van der Waals surface area contributed by atoms with Gasteiger partial charge < -0.3 is 15.4 Å². The summed E-state index contributed by atoms with van der Waals surface area (Å²) in [5.74, 6) is -0.761. The Balaban J connectivity index is 1.55. The van der Waals surface area contributed by atoms with Crippen molar-refractivity contribution in [2.24, 2.45) is 0 Å². The van der Waals surface area contributed by atoms with Crippen LogP contribution in [0.15, 0.2) is 51.8 Å². The van der Waals surface area contributed by atoms with Crippen molar-refractivity contribution in [1.82, 2.24) is 5.32 Å². The highest BCUT2D eigenvalue weighted by Gasteiger charge is 2.21. The summed E-state index contributed by atoms with van der Waals surface area (Å²) in [6, 6.07) is 11.2. The van der Waals surface area contributed by atoms with E-state index in [-0.39, 0.29) is 18.2 Å². The molecule has 2 amide bonds. The van der Waals surface area contributed by atoms with E-state index in [1.54, 1.807) is 36.4 Å². The number of benzene rings is 2. The van der Waals surface area contributed by atoms with Crippen molar-refractivity contribution < 1.29 is 18.7 Å². The summed E-state index contributed by atoms with van der Waals surface area (Å²) in [6.45, 7) is -0.261. The first-order valence-corrected chi connectivity index (χ1v) is 9.65. The van der Waals surface area contributed by atoms with Crippen LogP contribution in [0.2, 0.25) is 0 Å². The molecule has 2 aromatic rings. The molecule has 0 spiro atoms. The molecule has 138 valence electrons. The molecule has 0 saturated carbocycles. The fourth-order valence-electron chi connectivity index (χ4n) is 2.16. The maximum absolute atomic E-state index is 13.7. The predicted molar refractivity (Wildman–Crippen MR) is 111 cm³/mol. The second kappa shape index (κ2) is 8.64. The van der Waals surface area contributed by atoms with Crippen LogP contribution < -0.4 is 15.4 Å². The minimum atomic E-state index is -0.539. The molecule has 0 radical (unpaired) electrons. The third-order valence-corrected chi connectivity index (χ3v) is 5.05. The van der Waals surface area contributed by atoms with Gasteiger partial charge in [-0.25, -0.2) is 4.39 Å². The number of amides is 2. The van der Waals surface area contributed by atoms with Gasteiger partial charge in [0.15, 0.2) is 6.61 Å². The number of anilines is 1. The van der Waals surface area contributed by atoms with Gasteiger partial charge in [-0.3, -0.25) is 9.59 Å². The molecule has 0 unspecified atom stereocenters. The zero-order valence-electron chi connectivity index (χ0n) is 13.6. The van der Waals surface area contributed by atoms with Crippen LogP contribution in [-0.4, -0.2) is 22.7 Å². The second-order valence-electron chi connectivity index (χ2n) is 5.38. The highest BCUT2D eigenvalue weighted by atomic mass is 79.9. The highest BCUT2D eigenvalue weighted by molar-refractivity contribution is 9.10. The first kappa shape index (κ1) is 19.5. The Morgan fingerprint density at radius 3 is 2.67 bits per heavy atom. The Morgan fingerprint density at radius 1 is 1.30 bits per heavy atom. The van der Waals surface area contributed by atoms with Gasteiger partial charge in [-0.1, -0.05) is 52.0 Å². The smallest absolute Gasteiger partial charge is 0.263 e. The molecule has 1 heterocycles. The molecular formula is C18H12BrFN2O3S2. The third-order valence-electron chi connectivity index (χ3n) is 3.40. The van der Waals surface area contributed by atoms with Gasteiger partial charge in [0.25, 0.3) is 11.8 Å². The average molecular weight is 467 g/mol. The van der Waals surface area contributed by atoms with Crippen molar-refractivity contribution in [3.8, 4) is 5.75 Å². The van der Waals surface area contributed by atoms with E-state index in [0.717, 1.165) is 5.56 Å². The normalized spacial score (nSPS) is 15.0. The van der Waals surface area contributed by atoms with Gasteiger partial charge in [0, 0.05) is 4.47 Å². The standard InChI is InChI=1S/C18H12BrFN2O3S2/c19-11-3-6-14(13(20)8-11)21-16(23)9-25-12-4-1-10(2-5-12)7-15-17(24)22-18(26)27-15/h1-8H,9H2,(H,21,23)(H,22,24,26). The Morgan fingerprint density at radius 2 is 2.04 bits per heavy atom. The topological polar surface area (TPSA) is 67.4 Å². The lowest BCUT2D eigenvalue weighted by Crippen LogP contribution is -2.20. The minimum absolute atomic E-state index is 0.0824. The fourth-order valence-corrected chi connectivity index (χ4v) is 3.54. The van der Waals surface area contributed by atoms with Crippen LogP contribution in [0.1, 0.15) is 5.56 Å². The van der Waals surface area contributed by atoms with Gasteiger partial charge in [-0.05, 0) is 42.0 Å². The van der Waals surface area contributed by atoms with Crippen LogP contribution in [0.5, 0.6) is 5.75 Å². The summed E-state index contributed by atoms with van der Waals surface area (Å²) in [6.07, 6.45) is 1.71. The molecule has 2 aromatic carbocycles. The van der Waals surface area contributed by atoms with Gasteiger partial charge in [-0.15, -0.1) is 0 Å². The van der Waals surface area contributed by atoms with E-state index in [9.17, 15) is 14.0 Å². The number of hydrogen-bond donors (Lipinski definition) is 2. The number of rotatable bonds is 5. The molecule has 9 heteroatoms. The molecule has 3 rings (SSSR count). The number of carbonyl (C=O) groups excluding carboxylic acids is 2. The molecule has 1 aliphatic heterocycles. The molecule has 1 saturated heterocycles. The number of nitrogens with one attached hydrogen (secondary N) is 2. The van der Waals surface area contributed by atoms with Crippen molar-refractivity contribution in [1.29, 1.82) is 0 Å². The molecule has 27 heavy (non-hydrogen) atoms. The highest BCUT2D eigenvalue weighted by Crippen LogP contribution is 2.26. The summed E-state index contributed by atoms with van der Waals surface area (Å²) >= 11 is 9.29. The molecule has 1 aliphatic rings. The quantitative estimate of drug-likeness (QED) is 0.512. The third kappa shape index (κ3) is 5.38. The van der Waals surface area contributed by atoms with Crippen LogP contribution >= 0.6 is 39.9 Å².